The summed E-state index contributed by atoms with van der Waals surface area (Å²) >= 11 is 1.75. The van der Waals surface area contributed by atoms with Gasteiger partial charge in [-0.05, 0) is 36.1 Å². The second-order valence-corrected chi connectivity index (χ2v) is 8.68. The molecule has 1 atom stereocenters. The lowest BCUT2D eigenvalue weighted by atomic mass is 9.70. The Bertz CT molecular complexity index is 517. The molecule has 1 aliphatic heterocycles. The number of carbonyl (C=O) groups excluding carboxylic acids is 1. The Morgan fingerprint density at radius 3 is 2.64 bits per heavy atom. The summed E-state index contributed by atoms with van der Waals surface area (Å²) in [6.45, 7) is 5.99. The van der Waals surface area contributed by atoms with Gasteiger partial charge in [0.2, 0.25) is 5.91 Å². The number of hydrogen-bond donors (Lipinski definition) is 1. The molecule has 2 fully saturated rings. The van der Waals surface area contributed by atoms with E-state index in [1.165, 1.54) is 24.1 Å². The third kappa shape index (κ3) is 2.71. The van der Waals surface area contributed by atoms with Gasteiger partial charge >= 0.3 is 0 Å². The molecule has 3 nitrogen and oxygen atoms in total. The molecule has 0 spiro atoms. The van der Waals surface area contributed by atoms with E-state index in [1.807, 2.05) is 0 Å². The van der Waals surface area contributed by atoms with Crippen LogP contribution in [0.15, 0.2) is 17.5 Å². The van der Waals surface area contributed by atoms with Gasteiger partial charge in [0.15, 0.2) is 0 Å². The van der Waals surface area contributed by atoms with Crippen LogP contribution in [-0.4, -0.2) is 29.9 Å². The van der Waals surface area contributed by atoms with Gasteiger partial charge in [-0.1, -0.05) is 39.2 Å². The molecule has 1 amide bonds. The second kappa shape index (κ2) is 5.97. The van der Waals surface area contributed by atoms with E-state index in [0.29, 0.717) is 5.91 Å². The summed E-state index contributed by atoms with van der Waals surface area (Å²) in [5.74, 6) is 0.356. The van der Waals surface area contributed by atoms with Crippen molar-refractivity contribution in [1.29, 1.82) is 0 Å². The molecular formula is C18H28N2OS. The minimum Gasteiger partial charge on any atom is -0.341 e. The molecule has 1 aliphatic carbocycles. The van der Waals surface area contributed by atoms with Crippen LogP contribution in [0.2, 0.25) is 0 Å². The SMILES string of the molecule is CC1(C)CN(C(=O)C2(c3cccs3)CCCCC2)CCC1N. The van der Waals surface area contributed by atoms with Crippen LogP contribution in [0.5, 0.6) is 0 Å². The topological polar surface area (TPSA) is 46.3 Å². The Morgan fingerprint density at radius 2 is 2.05 bits per heavy atom. The molecule has 0 bridgehead atoms. The average Bonchev–Trinajstić information content (AvgIpc) is 3.05. The third-order valence-corrected chi connectivity index (χ3v) is 6.78. The monoisotopic (exact) mass is 320 g/mol. The highest BCUT2D eigenvalue weighted by molar-refractivity contribution is 7.10. The van der Waals surface area contributed by atoms with E-state index in [4.69, 9.17) is 5.73 Å². The lowest BCUT2D eigenvalue weighted by Crippen LogP contribution is -2.58. The largest absolute Gasteiger partial charge is 0.341 e. The zero-order chi connectivity index (χ0) is 15.8. The van der Waals surface area contributed by atoms with Crippen LogP contribution in [0.3, 0.4) is 0 Å². The summed E-state index contributed by atoms with van der Waals surface area (Å²) in [5.41, 5.74) is 6.00. The molecule has 122 valence electrons. The summed E-state index contributed by atoms with van der Waals surface area (Å²) in [4.78, 5) is 16.8. The van der Waals surface area contributed by atoms with Crippen LogP contribution in [0.1, 0.15) is 57.2 Å². The Morgan fingerprint density at radius 1 is 1.32 bits per heavy atom. The van der Waals surface area contributed by atoms with Gasteiger partial charge in [0, 0.05) is 24.0 Å². The van der Waals surface area contributed by atoms with Gasteiger partial charge in [0.1, 0.15) is 0 Å². The average molecular weight is 321 g/mol. The van der Waals surface area contributed by atoms with Crippen LogP contribution < -0.4 is 5.73 Å². The molecular weight excluding hydrogens is 292 g/mol. The van der Waals surface area contributed by atoms with Crippen molar-refractivity contribution in [2.24, 2.45) is 11.1 Å². The molecule has 3 rings (SSSR count). The summed E-state index contributed by atoms with van der Waals surface area (Å²) in [6, 6.07) is 4.44. The molecule has 2 N–H and O–H groups in total. The predicted molar refractivity (Wildman–Crippen MR) is 92.0 cm³/mol. The number of amides is 1. The van der Waals surface area contributed by atoms with Crippen molar-refractivity contribution in [3.8, 4) is 0 Å². The van der Waals surface area contributed by atoms with Gasteiger partial charge in [-0.15, -0.1) is 11.3 Å². The van der Waals surface area contributed by atoms with Crippen LogP contribution in [-0.2, 0) is 10.2 Å². The van der Waals surface area contributed by atoms with Crippen LogP contribution in [0.25, 0.3) is 0 Å². The number of hydrogen-bond acceptors (Lipinski definition) is 3. The quantitative estimate of drug-likeness (QED) is 0.906. The Balaban J connectivity index is 1.87. The first-order valence-corrected chi connectivity index (χ1v) is 9.43. The van der Waals surface area contributed by atoms with E-state index < -0.39 is 0 Å². The molecule has 0 aromatic carbocycles. The first kappa shape index (κ1) is 16.0. The van der Waals surface area contributed by atoms with E-state index in [9.17, 15) is 4.79 Å². The van der Waals surface area contributed by atoms with Gasteiger partial charge in [-0.2, -0.15) is 0 Å². The molecule has 2 aliphatic rings. The lowest BCUT2D eigenvalue weighted by Gasteiger charge is -2.47. The van der Waals surface area contributed by atoms with Gasteiger partial charge in [0.05, 0.1) is 5.41 Å². The fourth-order valence-corrected chi connectivity index (χ4v) is 5.10. The van der Waals surface area contributed by atoms with Gasteiger partial charge < -0.3 is 10.6 Å². The second-order valence-electron chi connectivity index (χ2n) is 7.73. The number of rotatable bonds is 2. The number of carbonyl (C=O) groups is 1. The molecule has 0 radical (unpaired) electrons. The highest BCUT2D eigenvalue weighted by Gasteiger charge is 2.46. The minimum absolute atomic E-state index is 0.0131. The Hall–Kier alpha value is -0.870. The highest BCUT2D eigenvalue weighted by atomic mass is 32.1. The first-order chi connectivity index (χ1) is 10.5. The van der Waals surface area contributed by atoms with Crippen molar-refractivity contribution in [1.82, 2.24) is 4.90 Å². The van der Waals surface area contributed by atoms with Crippen molar-refractivity contribution >= 4 is 17.2 Å². The van der Waals surface area contributed by atoms with Crippen molar-refractivity contribution in [3.63, 3.8) is 0 Å². The van der Waals surface area contributed by atoms with E-state index in [2.05, 4.69) is 36.3 Å². The van der Waals surface area contributed by atoms with Crippen LogP contribution >= 0.6 is 11.3 Å². The smallest absolute Gasteiger partial charge is 0.234 e. The normalized spacial score (nSPS) is 27.6. The van der Waals surface area contributed by atoms with Crippen molar-refractivity contribution in [2.75, 3.05) is 13.1 Å². The molecule has 22 heavy (non-hydrogen) atoms. The summed E-state index contributed by atoms with van der Waals surface area (Å²) in [5, 5.41) is 2.11. The Labute approximate surface area is 137 Å². The van der Waals surface area contributed by atoms with Gasteiger partial charge in [0.25, 0.3) is 0 Å². The van der Waals surface area contributed by atoms with E-state index in [0.717, 1.165) is 32.4 Å². The fraction of sp³-hybridized carbons (Fsp3) is 0.722. The first-order valence-electron chi connectivity index (χ1n) is 8.55. The lowest BCUT2D eigenvalue weighted by molar-refractivity contribution is -0.142. The molecule has 4 heteroatoms. The summed E-state index contributed by atoms with van der Waals surface area (Å²) < 4.78 is 0. The van der Waals surface area contributed by atoms with Gasteiger partial charge in [-0.3, -0.25) is 4.79 Å². The van der Waals surface area contributed by atoms with Crippen LogP contribution in [0.4, 0.5) is 0 Å². The fourth-order valence-electron chi connectivity index (χ4n) is 4.12. The number of thiophene rings is 1. The molecule has 1 aromatic heterocycles. The zero-order valence-corrected chi connectivity index (χ0v) is 14.6. The Kier molecular flexibility index (Phi) is 4.34. The zero-order valence-electron chi connectivity index (χ0n) is 13.8. The standard InChI is InChI=1S/C18H28N2OS/c1-17(2)13-20(11-8-14(17)19)16(21)18(9-4-3-5-10-18)15-7-6-12-22-15/h6-7,12,14H,3-5,8-11,13,19H2,1-2H3. The van der Waals surface area contributed by atoms with E-state index in [1.54, 1.807) is 11.3 Å². The predicted octanol–water partition coefficient (Wildman–Crippen LogP) is 3.54. The number of piperidine rings is 1. The maximum absolute atomic E-state index is 13.5. The van der Waals surface area contributed by atoms with Crippen molar-refractivity contribution in [2.45, 2.75) is 63.8 Å². The van der Waals surface area contributed by atoms with Gasteiger partial charge in [-0.25, -0.2) is 0 Å². The molecule has 1 unspecified atom stereocenters. The van der Waals surface area contributed by atoms with E-state index in [-0.39, 0.29) is 16.9 Å². The molecule has 1 aromatic rings. The maximum Gasteiger partial charge on any atom is 0.234 e. The van der Waals surface area contributed by atoms with Crippen molar-refractivity contribution < 1.29 is 4.79 Å². The summed E-state index contributed by atoms with van der Waals surface area (Å²) in [6.07, 6.45) is 6.53. The summed E-state index contributed by atoms with van der Waals surface area (Å²) in [7, 11) is 0. The molecule has 1 saturated carbocycles. The maximum atomic E-state index is 13.5. The highest BCUT2D eigenvalue weighted by Crippen LogP contribution is 2.44. The molecule has 1 saturated heterocycles. The third-order valence-electron chi connectivity index (χ3n) is 5.71. The number of likely N-dealkylation sites (tertiary alicyclic amines) is 1. The van der Waals surface area contributed by atoms with E-state index >= 15 is 0 Å². The molecule has 2 heterocycles. The number of nitrogens with two attached hydrogens (primary N) is 1. The minimum atomic E-state index is -0.260. The van der Waals surface area contributed by atoms with Crippen molar-refractivity contribution in [3.05, 3.63) is 22.4 Å². The van der Waals surface area contributed by atoms with Crippen LogP contribution in [0, 0.1) is 5.41 Å². The number of nitrogens with zero attached hydrogens (tertiary/aromatic N) is 1.